The van der Waals surface area contributed by atoms with Crippen molar-refractivity contribution in [3.8, 4) is 0 Å². The van der Waals surface area contributed by atoms with Crippen molar-refractivity contribution in [1.82, 2.24) is 10.2 Å². The molecule has 4 aromatic carbocycles. The summed E-state index contributed by atoms with van der Waals surface area (Å²) in [5.41, 5.74) is 2.65. The van der Waals surface area contributed by atoms with Crippen LogP contribution >= 0.6 is 0 Å². The number of nitrogens with one attached hydrogen (secondary N) is 1. The molecule has 0 saturated heterocycles. The number of amides is 2. The van der Waals surface area contributed by atoms with Crippen LogP contribution in [0.2, 0.25) is 0 Å². The summed E-state index contributed by atoms with van der Waals surface area (Å²) in [6.07, 6.45) is 0. The molecular weight excluding hydrogens is 466 g/mol. The summed E-state index contributed by atoms with van der Waals surface area (Å²) in [4.78, 5) is 40.0. The van der Waals surface area contributed by atoms with E-state index in [1.54, 1.807) is 13.1 Å². The Balaban J connectivity index is 1.70. The van der Waals surface area contributed by atoms with Crippen LogP contribution in [0.3, 0.4) is 0 Å². The fraction of sp³-hybridized carbons (Fsp3) is 0.133. The molecule has 0 heterocycles. The fourth-order valence-corrected chi connectivity index (χ4v) is 4.27. The number of nitrogens with zero attached hydrogens (tertiary/aromatic N) is 2. The van der Waals surface area contributed by atoms with Crippen LogP contribution in [0.25, 0.3) is 0 Å². The predicted octanol–water partition coefficient (Wildman–Crippen LogP) is 5.24. The number of rotatable bonds is 9. The average molecular weight is 494 g/mol. The summed E-state index contributed by atoms with van der Waals surface area (Å²) >= 11 is 0. The Labute approximate surface area is 215 Å². The standard InChI is InChI=1S/C30H27N3O4/c1-32(21-22-12-5-2-6-13-22)30(35)28(25-18-11-19-26(20-25)33(36)37)31-29(34)27(23-14-7-3-8-15-23)24-16-9-4-10-17-24/h2-20,27-28H,21H2,1H3,(H,31,34). The lowest BCUT2D eigenvalue weighted by molar-refractivity contribution is -0.384. The number of hydrogen-bond acceptors (Lipinski definition) is 4. The molecule has 7 nitrogen and oxygen atoms in total. The maximum Gasteiger partial charge on any atom is 0.269 e. The third kappa shape index (κ3) is 6.27. The number of nitro benzene ring substituents is 1. The van der Waals surface area contributed by atoms with E-state index in [0.29, 0.717) is 12.1 Å². The van der Waals surface area contributed by atoms with Crippen molar-refractivity contribution in [3.05, 3.63) is 148 Å². The maximum absolute atomic E-state index is 13.8. The van der Waals surface area contributed by atoms with Crippen LogP contribution in [-0.2, 0) is 16.1 Å². The van der Waals surface area contributed by atoms with Gasteiger partial charge in [-0.3, -0.25) is 19.7 Å². The summed E-state index contributed by atoms with van der Waals surface area (Å²) in [6, 6.07) is 32.8. The highest BCUT2D eigenvalue weighted by atomic mass is 16.6. The fourth-order valence-electron chi connectivity index (χ4n) is 4.27. The van der Waals surface area contributed by atoms with E-state index in [-0.39, 0.29) is 17.5 Å². The molecule has 0 bridgehead atoms. The monoisotopic (exact) mass is 493 g/mol. The van der Waals surface area contributed by atoms with Gasteiger partial charge in [0, 0.05) is 25.7 Å². The summed E-state index contributed by atoms with van der Waals surface area (Å²) < 4.78 is 0. The van der Waals surface area contributed by atoms with Gasteiger partial charge in [0.1, 0.15) is 6.04 Å². The van der Waals surface area contributed by atoms with Crippen LogP contribution in [0.15, 0.2) is 115 Å². The van der Waals surface area contributed by atoms with Crippen LogP contribution in [-0.4, -0.2) is 28.7 Å². The van der Waals surface area contributed by atoms with Crippen molar-refractivity contribution in [2.45, 2.75) is 18.5 Å². The van der Waals surface area contributed by atoms with Gasteiger partial charge in [-0.2, -0.15) is 0 Å². The van der Waals surface area contributed by atoms with E-state index in [2.05, 4.69) is 5.32 Å². The van der Waals surface area contributed by atoms with Crippen LogP contribution in [0.4, 0.5) is 5.69 Å². The topological polar surface area (TPSA) is 92.6 Å². The summed E-state index contributed by atoms with van der Waals surface area (Å²) in [5, 5.41) is 14.4. The van der Waals surface area contributed by atoms with Crippen molar-refractivity contribution in [2.24, 2.45) is 0 Å². The van der Waals surface area contributed by atoms with Crippen molar-refractivity contribution in [3.63, 3.8) is 0 Å². The molecule has 1 unspecified atom stereocenters. The Kier molecular flexibility index (Phi) is 8.05. The van der Waals surface area contributed by atoms with Crippen molar-refractivity contribution in [2.75, 3.05) is 7.05 Å². The summed E-state index contributed by atoms with van der Waals surface area (Å²) in [5.74, 6) is -1.43. The first-order valence-corrected chi connectivity index (χ1v) is 11.9. The largest absolute Gasteiger partial charge is 0.340 e. The highest BCUT2D eigenvalue weighted by Crippen LogP contribution is 2.28. The maximum atomic E-state index is 13.8. The molecular formula is C30H27N3O4. The number of non-ortho nitro benzene ring substituents is 1. The Morgan fingerprint density at radius 1 is 0.784 bits per heavy atom. The molecule has 0 aliphatic rings. The number of benzene rings is 4. The minimum Gasteiger partial charge on any atom is -0.340 e. The molecule has 4 aromatic rings. The second kappa shape index (κ2) is 11.8. The molecule has 1 N–H and O–H groups in total. The number of hydrogen-bond donors (Lipinski definition) is 1. The van der Waals surface area contributed by atoms with Gasteiger partial charge in [-0.05, 0) is 22.3 Å². The Morgan fingerprint density at radius 2 is 1.30 bits per heavy atom. The van der Waals surface area contributed by atoms with Gasteiger partial charge in [0.25, 0.3) is 5.69 Å². The molecule has 0 spiro atoms. The molecule has 186 valence electrons. The second-order valence-electron chi connectivity index (χ2n) is 8.73. The molecule has 0 aromatic heterocycles. The van der Waals surface area contributed by atoms with Gasteiger partial charge < -0.3 is 10.2 Å². The lowest BCUT2D eigenvalue weighted by Crippen LogP contribution is -2.43. The number of carbonyl (C=O) groups is 2. The molecule has 2 amide bonds. The van der Waals surface area contributed by atoms with Crippen LogP contribution in [0.1, 0.15) is 34.2 Å². The molecule has 0 saturated carbocycles. The first-order chi connectivity index (χ1) is 17.9. The summed E-state index contributed by atoms with van der Waals surface area (Å²) in [7, 11) is 1.65. The zero-order valence-corrected chi connectivity index (χ0v) is 20.4. The van der Waals surface area contributed by atoms with Gasteiger partial charge >= 0.3 is 0 Å². The lowest BCUT2D eigenvalue weighted by Gasteiger charge is -2.27. The molecule has 7 heteroatoms. The van der Waals surface area contributed by atoms with E-state index in [1.165, 1.54) is 23.1 Å². The van der Waals surface area contributed by atoms with E-state index in [4.69, 9.17) is 0 Å². The predicted molar refractivity (Wildman–Crippen MR) is 142 cm³/mol. The Hall–Kier alpha value is -4.78. The molecule has 0 aliphatic carbocycles. The molecule has 4 rings (SSSR count). The van der Waals surface area contributed by atoms with Crippen LogP contribution in [0, 0.1) is 10.1 Å². The van der Waals surface area contributed by atoms with Crippen LogP contribution in [0.5, 0.6) is 0 Å². The lowest BCUT2D eigenvalue weighted by atomic mass is 9.90. The third-order valence-corrected chi connectivity index (χ3v) is 6.11. The van der Waals surface area contributed by atoms with Gasteiger partial charge in [0.05, 0.1) is 10.8 Å². The molecule has 0 aliphatic heterocycles. The average Bonchev–Trinajstić information content (AvgIpc) is 2.93. The van der Waals surface area contributed by atoms with Gasteiger partial charge in [-0.1, -0.05) is 103 Å². The normalized spacial score (nSPS) is 11.5. The van der Waals surface area contributed by atoms with Gasteiger partial charge in [0.2, 0.25) is 11.8 Å². The van der Waals surface area contributed by atoms with Gasteiger partial charge in [-0.25, -0.2) is 0 Å². The number of likely N-dealkylation sites (N-methyl/N-ethyl adjacent to an activating group) is 1. The van der Waals surface area contributed by atoms with Gasteiger partial charge in [-0.15, -0.1) is 0 Å². The minimum atomic E-state index is -1.11. The van der Waals surface area contributed by atoms with Crippen molar-refractivity contribution >= 4 is 17.5 Å². The highest BCUT2D eigenvalue weighted by molar-refractivity contribution is 5.93. The SMILES string of the molecule is CN(Cc1ccccc1)C(=O)C(NC(=O)C(c1ccccc1)c1ccccc1)c1cccc([N+](=O)[O-])c1. The first kappa shape index (κ1) is 25.3. The molecule has 0 fully saturated rings. The van der Waals surface area contributed by atoms with E-state index >= 15 is 0 Å². The highest BCUT2D eigenvalue weighted by Gasteiger charge is 2.31. The summed E-state index contributed by atoms with van der Waals surface area (Å²) in [6.45, 7) is 0.321. The molecule has 37 heavy (non-hydrogen) atoms. The molecule has 1 atom stereocenters. The van der Waals surface area contributed by atoms with E-state index in [0.717, 1.165) is 16.7 Å². The second-order valence-corrected chi connectivity index (χ2v) is 8.73. The number of carbonyl (C=O) groups excluding carboxylic acids is 2. The first-order valence-electron chi connectivity index (χ1n) is 11.9. The number of nitro groups is 1. The van der Waals surface area contributed by atoms with Crippen molar-refractivity contribution in [1.29, 1.82) is 0 Å². The Bertz CT molecular complexity index is 1320. The minimum absolute atomic E-state index is 0.155. The van der Waals surface area contributed by atoms with E-state index in [1.807, 2.05) is 91.0 Å². The zero-order chi connectivity index (χ0) is 26.2. The van der Waals surface area contributed by atoms with E-state index in [9.17, 15) is 19.7 Å². The smallest absolute Gasteiger partial charge is 0.269 e. The molecule has 0 radical (unpaired) electrons. The Morgan fingerprint density at radius 3 is 1.84 bits per heavy atom. The van der Waals surface area contributed by atoms with E-state index < -0.39 is 16.9 Å². The van der Waals surface area contributed by atoms with Crippen LogP contribution < -0.4 is 5.32 Å². The zero-order valence-electron chi connectivity index (χ0n) is 20.4. The van der Waals surface area contributed by atoms with Crippen molar-refractivity contribution < 1.29 is 14.5 Å². The third-order valence-electron chi connectivity index (χ3n) is 6.11. The van der Waals surface area contributed by atoms with Gasteiger partial charge in [0.15, 0.2) is 0 Å². The quantitative estimate of drug-likeness (QED) is 0.255.